The Morgan fingerprint density at radius 1 is 1.21 bits per heavy atom. The van der Waals surface area contributed by atoms with Gasteiger partial charge in [0, 0.05) is 12.6 Å². The van der Waals surface area contributed by atoms with Gasteiger partial charge in [-0.05, 0) is 37.4 Å². The average Bonchev–Trinajstić information content (AvgIpc) is 2.46. The zero-order valence-corrected chi connectivity index (χ0v) is 12.3. The van der Waals surface area contributed by atoms with Gasteiger partial charge in [0.05, 0.1) is 6.10 Å². The average molecular weight is 261 g/mol. The van der Waals surface area contributed by atoms with Crippen molar-refractivity contribution in [1.82, 2.24) is 4.90 Å². The molecule has 1 aliphatic rings. The van der Waals surface area contributed by atoms with E-state index in [4.69, 9.17) is 0 Å². The van der Waals surface area contributed by atoms with Crippen molar-refractivity contribution in [2.75, 3.05) is 13.1 Å². The van der Waals surface area contributed by atoms with Crippen LogP contribution in [0.15, 0.2) is 24.3 Å². The first-order valence-corrected chi connectivity index (χ1v) is 7.70. The first kappa shape index (κ1) is 14.5. The van der Waals surface area contributed by atoms with Crippen molar-refractivity contribution in [1.29, 1.82) is 0 Å². The minimum absolute atomic E-state index is 0.358. The molecule has 0 bridgehead atoms. The number of likely N-dealkylation sites (N-methyl/N-ethyl adjacent to an activating group) is 1. The molecule has 2 nitrogen and oxygen atoms in total. The molecule has 2 heteroatoms. The highest BCUT2D eigenvalue weighted by molar-refractivity contribution is 5.27. The quantitative estimate of drug-likeness (QED) is 0.874. The van der Waals surface area contributed by atoms with Gasteiger partial charge < -0.3 is 5.11 Å². The Bertz CT molecular complexity index is 385. The highest BCUT2D eigenvalue weighted by Crippen LogP contribution is 2.25. The fourth-order valence-electron chi connectivity index (χ4n) is 3.26. The third-order valence-corrected chi connectivity index (χ3v) is 4.45. The van der Waals surface area contributed by atoms with Gasteiger partial charge >= 0.3 is 0 Å². The molecule has 0 amide bonds. The monoisotopic (exact) mass is 261 g/mol. The van der Waals surface area contributed by atoms with E-state index in [2.05, 4.69) is 30.9 Å². The molecule has 0 aliphatic heterocycles. The van der Waals surface area contributed by atoms with E-state index in [0.29, 0.717) is 6.04 Å². The molecule has 1 aromatic carbocycles. The lowest BCUT2D eigenvalue weighted by Gasteiger charge is -2.35. The summed E-state index contributed by atoms with van der Waals surface area (Å²) < 4.78 is 0. The Morgan fingerprint density at radius 2 is 1.89 bits per heavy atom. The Balaban J connectivity index is 1.99. The maximum absolute atomic E-state index is 10.5. The van der Waals surface area contributed by atoms with E-state index in [1.165, 1.54) is 37.7 Å². The van der Waals surface area contributed by atoms with Gasteiger partial charge in [0.1, 0.15) is 0 Å². The fourth-order valence-corrected chi connectivity index (χ4v) is 3.26. The molecule has 1 saturated carbocycles. The molecule has 0 radical (unpaired) electrons. The molecular weight excluding hydrogens is 234 g/mol. The molecule has 2 rings (SSSR count). The molecule has 0 spiro atoms. The van der Waals surface area contributed by atoms with E-state index < -0.39 is 0 Å². The predicted molar refractivity (Wildman–Crippen MR) is 80.3 cm³/mol. The van der Waals surface area contributed by atoms with Crippen LogP contribution in [0.3, 0.4) is 0 Å². The Kier molecular flexibility index (Phi) is 5.41. The van der Waals surface area contributed by atoms with Crippen LogP contribution in [0.2, 0.25) is 0 Å². The van der Waals surface area contributed by atoms with Crippen molar-refractivity contribution in [2.24, 2.45) is 0 Å². The van der Waals surface area contributed by atoms with Crippen molar-refractivity contribution >= 4 is 0 Å². The number of hydrogen-bond donors (Lipinski definition) is 1. The van der Waals surface area contributed by atoms with Crippen molar-refractivity contribution in [3.63, 3.8) is 0 Å². The summed E-state index contributed by atoms with van der Waals surface area (Å²) in [6.07, 6.45) is 6.32. The molecule has 19 heavy (non-hydrogen) atoms. The standard InChI is InChI=1S/C17H27NO/c1-3-18(15-10-5-4-6-11-15)13-17(19)16-12-8-7-9-14(16)2/h7-9,12,15,17,19H,3-6,10-11,13H2,1-2H3. The van der Waals surface area contributed by atoms with Crippen LogP contribution in [0.5, 0.6) is 0 Å². The van der Waals surface area contributed by atoms with Crippen molar-refractivity contribution in [3.8, 4) is 0 Å². The second-order valence-corrected chi connectivity index (χ2v) is 5.75. The minimum Gasteiger partial charge on any atom is -0.387 e. The lowest BCUT2D eigenvalue weighted by atomic mass is 9.93. The maximum atomic E-state index is 10.5. The van der Waals surface area contributed by atoms with Gasteiger partial charge in [0.15, 0.2) is 0 Å². The van der Waals surface area contributed by atoms with Crippen LogP contribution < -0.4 is 0 Å². The fraction of sp³-hybridized carbons (Fsp3) is 0.647. The van der Waals surface area contributed by atoms with Crippen molar-refractivity contribution in [3.05, 3.63) is 35.4 Å². The normalized spacial score (nSPS) is 18.7. The smallest absolute Gasteiger partial charge is 0.0919 e. The molecule has 1 aliphatic carbocycles. The number of nitrogens with zero attached hydrogens (tertiary/aromatic N) is 1. The molecule has 0 saturated heterocycles. The lowest BCUT2D eigenvalue weighted by Crippen LogP contribution is -2.39. The zero-order valence-electron chi connectivity index (χ0n) is 12.3. The molecule has 1 unspecified atom stereocenters. The first-order valence-electron chi connectivity index (χ1n) is 7.70. The number of aliphatic hydroxyl groups is 1. The van der Waals surface area contributed by atoms with Gasteiger partial charge in [-0.15, -0.1) is 0 Å². The van der Waals surface area contributed by atoms with Crippen molar-refractivity contribution < 1.29 is 5.11 Å². The molecule has 106 valence electrons. The molecule has 1 fully saturated rings. The van der Waals surface area contributed by atoms with Crippen LogP contribution in [0.4, 0.5) is 0 Å². The van der Waals surface area contributed by atoms with E-state index in [1.807, 2.05) is 12.1 Å². The summed E-state index contributed by atoms with van der Waals surface area (Å²) in [4.78, 5) is 2.47. The Labute approximate surface area is 117 Å². The second-order valence-electron chi connectivity index (χ2n) is 5.75. The van der Waals surface area contributed by atoms with Crippen LogP contribution in [0.25, 0.3) is 0 Å². The van der Waals surface area contributed by atoms with Gasteiger partial charge in [-0.3, -0.25) is 4.90 Å². The maximum Gasteiger partial charge on any atom is 0.0919 e. The van der Waals surface area contributed by atoms with Crippen LogP contribution in [-0.4, -0.2) is 29.1 Å². The highest BCUT2D eigenvalue weighted by Gasteiger charge is 2.22. The van der Waals surface area contributed by atoms with Gasteiger partial charge in [0.25, 0.3) is 0 Å². The Morgan fingerprint density at radius 3 is 2.53 bits per heavy atom. The van der Waals surface area contributed by atoms with Crippen LogP contribution >= 0.6 is 0 Å². The first-order chi connectivity index (χ1) is 9.22. The minimum atomic E-state index is -0.358. The number of aryl methyl sites for hydroxylation is 1. The van der Waals surface area contributed by atoms with Gasteiger partial charge in [-0.2, -0.15) is 0 Å². The molecule has 1 aromatic rings. The van der Waals surface area contributed by atoms with E-state index in [9.17, 15) is 5.11 Å². The lowest BCUT2D eigenvalue weighted by molar-refractivity contribution is 0.0763. The second kappa shape index (κ2) is 7.06. The molecule has 0 heterocycles. The van der Waals surface area contributed by atoms with E-state index in [0.717, 1.165) is 18.7 Å². The third-order valence-electron chi connectivity index (χ3n) is 4.45. The Hall–Kier alpha value is -0.860. The highest BCUT2D eigenvalue weighted by atomic mass is 16.3. The van der Waals surface area contributed by atoms with Gasteiger partial charge in [-0.25, -0.2) is 0 Å². The summed E-state index contributed by atoms with van der Waals surface area (Å²) in [6, 6.07) is 8.86. The number of benzene rings is 1. The van der Waals surface area contributed by atoms with E-state index >= 15 is 0 Å². The topological polar surface area (TPSA) is 23.5 Å². The summed E-state index contributed by atoms with van der Waals surface area (Å²) in [5.41, 5.74) is 2.27. The molecule has 0 aromatic heterocycles. The zero-order chi connectivity index (χ0) is 13.7. The van der Waals surface area contributed by atoms with Gasteiger partial charge in [0.2, 0.25) is 0 Å². The molecule has 1 N–H and O–H groups in total. The molecule has 1 atom stereocenters. The third kappa shape index (κ3) is 3.80. The summed E-state index contributed by atoms with van der Waals surface area (Å²) in [7, 11) is 0. The van der Waals surface area contributed by atoms with Crippen LogP contribution in [0, 0.1) is 6.92 Å². The van der Waals surface area contributed by atoms with Gasteiger partial charge in [-0.1, -0.05) is 50.5 Å². The van der Waals surface area contributed by atoms with Crippen LogP contribution in [0.1, 0.15) is 56.3 Å². The predicted octanol–water partition coefficient (Wildman–Crippen LogP) is 3.68. The summed E-state index contributed by atoms with van der Waals surface area (Å²) >= 11 is 0. The molecular formula is C17H27NO. The largest absolute Gasteiger partial charge is 0.387 e. The van der Waals surface area contributed by atoms with E-state index in [-0.39, 0.29) is 6.10 Å². The number of hydrogen-bond acceptors (Lipinski definition) is 2. The summed E-state index contributed by atoms with van der Waals surface area (Å²) in [5.74, 6) is 0. The van der Waals surface area contributed by atoms with E-state index in [1.54, 1.807) is 0 Å². The van der Waals surface area contributed by atoms with Crippen molar-refractivity contribution in [2.45, 2.75) is 58.1 Å². The number of aliphatic hydroxyl groups excluding tert-OH is 1. The summed E-state index contributed by atoms with van der Waals surface area (Å²) in [5, 5.41) is 10.5. The number of rotatable bonds is 5. The van der Waals surface area contributed by atoms with Crippen LogP contribution in [-0.2, 0) is 0 Å². The SMILES string of the molecule is CCN(CC(O)c1ccccc1C)C1CCCCC1. The summed E-state index contributed by atoms with van der Waals surface area (Å²) in [6.45, 7) is 6.09.